The topological polar surface area (TPSA) is 61.8 Å². The second kappa shape index (κ2) is 9.02. The number of aliphatic hydroxyl groups excluding tert-OH is 1. The van der Waals surface area contributed by atoms with Gasteiger partial charge < -0.3 is 20.1 Å². The number of rotatable bonds is 8. The summed E-state index contributed by atoms with van der Waals surface area (Å²) in [6, 6.07) is 6.99. The summed E-state index contributed by atoms with van der Waals surface area (Å²) in [6.07, 6.45) is 1.62. The predicted molar refractivity (Wildman–Crippen MR) is 84.6 cm³/mol. The lowest BCUT2D eigenvalue weighted by Gasteiger charge is -2.20. The molecular formula is C16H24N2O3. The van der Waals surface area contributed by atoms with Gasteiger partial charge in [0.25, 0.3) is 0 Å². The number of benzene rings is 1. The van der Waals surface area contributed by atoms with Crippen LogP contribution in [0.25, 0.3) is 0 Å². The number of hydrogen-bond donors (Lipinski definition) is 2. The molecule has 2 amide bonds. The second-order valence-electron chi connectivity index (χ2n) is 5.12. The Hall–Kier alpha value is -2.01. The molecule has 5 nitrogen and oxygen atoms in total. The molecule has 1 rings (SSSR count). The first-order chi connectivity index (χ1) is 10.1. The van der Waals surface area contributed by atoms with E-state index in [2.05, 4.69) is 25.7 Å². The highest BCUT2D eigenvalue weighted by Gasteiger charge is 2.11. The zero-order valence-corrected chi connectivity index (χ0v) is 12.7. The first-order valence-electron chi connectivity index (χ1n) is 7.07. The molecule has 0 heterocycles. The molecular weight excluding hydrogens is 268 g/mol. The number of hydrogen-bond acceptors (Lipinski definition) is 3. The monoisotopic (exact) mass is 292 g/mol. The number of carbonyl (C=O) groups excluding carboxylic acids is 1. The van der Waals surface area contributed by atoms with Crippen LogP contribution in [0.4, 0.5) is 10.5 Å². The van der Waals surface area contributed by atoms with Gasteiger partial charge in [0.05, 0.1) is 13.2 Å². The van der Waals surface area contributed by atoms with E-state index in [1.54, 1.807) is 18.2 Å². The van der Waals surface area contributed by atoms with Crippen LogP contribution in [0.5, 0.6) is 5.75 Å². The average Bonchev–Trinajstić information content (AvgIpc) is 2.45. The normalized spacial score (nSPS) is 10.3. The number of carbonyl (C=O) groups is 1. The lowest BCUT2D eigenvalue weighted by molar-refractivity contribution is 0.195. The molecule has 0 atom stereocenters. The van der Waals surface area contributed by atoms with Gasteiger partial charge in [0.1, 0.15) is 5.75 Å². The molecule has 0 unspecified atom stereocenters. The molecule has 0 saturated carbocycles. The van der Waals surface area contributed by atoms with Gasteiger partial charge in [0, 0.05) is 24.8 Å². The molecule has 1 aromatic rings. The maximum Gasteiger partial charge on any atom is 0.322 e. The van der Waals surface area contributed by atoms with E-state index in [-0.39, 0.29) is 19.2 Å². The van der Waals surface area contributed by atoms with Crippen molar-refractivity contribution < 1.29 is 14.6 Å². The van der Waals surface area contributed by atoms with Crippen LogP contribution in [0.1, 0.15) is 13.8 Å². The molecule has 5 heteroatoms. The standard InChI is InChI=1S/C16H24N2O3/c1-4-8-18(9-10-19)16(20)17-14-6-5-7-15(11-14)21-12-13(2)3/h4-7,11,13,19H,1,8-10,12H2,2-3H3,(H,17,20). The van der Waals surface area contributed by atoms with Crippen molar-refractivity contribution in [2.75, 3.05) is 31.6 Å². The maximum atomic E-state index is 12.1. The fourth-order valence-corrected chi connectivity index (χ4v) is 1.68. The van der Waals surface area contributed by atoms with Crippen molar-refractivity contribution >= 4 is 11.7 Å². The van der Waals surface area contributed by atoms with Gasteiger partial charge in [-0.05, 0) is 18.1 Å². The van der Waals surface area contributed by atoms with Gasteiger partial charge in [0.2, 0.25) is 0 Å². The first-order valence-corrected chi connectivity index (χ1v) is 7.07. The summed E-state index contributed by atoms with van der Waals surface area (Å²) < 4.78 is 5.62. The van der Waals surface area contributed by atoms with Crippen LogP contribution < -0.4 is 10.1 Å². The summed E-state index contributed by atoms with van der Waals surface area (Å²) in [5.41, 5.74) is 0.660. The fraction of sp³-hybridized carbons (Fsp3) is 0.438. The summed E-state index contributed by atoms with van der Waals surface area (Å²) >= 11 is 0. The minimum Gasteiger partial charge on any atom is -0.493 e. The molecule has 0 aliphatic rings. The highest BCUT2D eigenvalue weighted by Crippen LogP contribution is 2.18. The van der Waals surface area contributed by atoms with Gasteiger partial charge in [-0.15, -0.1) is 6.58 Å². The third kappa shape index (κ3) is 6.31. The third-order valence-corrected chi connectivity index (χ3v) is 2.68. The van der Waals surface area contributed by atoms with Crippen molar-refractivity contribution in [1.82, 2.24) is 4.90 Å². The number of anilines is 1. The zero-order chi connectivity index (χ0) is 15.7. The van der Waals surface area contributed by atoms with Crippen molar-refractivity contribution in [3.63, 3.8) is 0 Å². The Bertz CT molecular complexity index is 461. The van der Waals surface area contributed by atoms with E-state index in [4.69, 9.17) is 9.84 Å². The van der Waals surface area contributed by atoms with E-state index in [0.717, 1.165) is 5.75 Å². The Morgan fingerprint density at radius 1 is 1.52 bits per heavy atom. The summed E-state index contributed by atoms with van der Waals surface area (Å²) in [7, 11) is 0. The van der Waals surface area contributed by atoms with Crippen LogP contribution in [0.15, 0.2) is 36.9 Å². The number of nitrogens with zero attached hydrogens (tertiary/aromatic N) is 1. The highest BCUT2D eigenvalue weighted by molar-refractivity contribution is 5.89. The van der Waals surface area contributed by atoms with Gasteiger partial charge in [-0.3, -0.25) is 0 Å². The Kier molecular flexibility index (Phi) is 7.32. The Morgan fingerprint density at radius 2 is 2.29 bits per heavy atom. The molecule has 0 saturated heterocycles. The van der Waals surface area contributed by atoms with E-state index in [1.807, 2.05) is 12.1 Å². The van der Waals surface area contributed by atoms with E-state index < -0.39 is 0 Å². The maximum absolute atomic E-state index is 12.1. The number of ether oxygens (including phenoxy) is 1. The van der Waals surface area contributed by atoms with Crippen molar-refractivity contribution in [3.05, 3.63) is 36.9 Å². The lowest BCUT2D eigenvalue weighted by atomic mass is 10.2. The van der Waals surface area contributed by atoms with Crippen LogP contribution >= 0.6 is 0 Å². The Balaban J connectivity index is 2.66. The number of aliphatic hydroxyl groups is 1. The SMILES string of the molecule is C=CCN(CCO)C(=O)Nc1cccc(OCC(C)C)c1. The summed E-state index contributed by atoms with van der Waals surface area (Å²) in [5, 5.41) is 11.8. The smallest absolute Gasteiger partial charge is 0.322 e. The third-order valence-electron chi connectivity index (χ3n) is 2.68. The van der Waals surface area contributed by atoms with Gasteiger partial charge in [0.15, 0.2) is 0 Å². The van der Waals surface area contributed by atoms with Gasteiger partial charge in [-0.25, -0.2) is 4.79 Å². The van der Waals surface area contributed by atoms with Crippen LogP contribution in [-0.4, -0.2) is 42.3 Å². The first kappa shape index (κ1) is 17.0. The quantitative estimate of drug-likeness (QED) is 0.724. The van der Waals surface area contributed by atoms with E-state index in [1.165, 1.54) is 4.90 Å². The van der Waals surface area contributed by atoms with Crippen molar-refractivity contribution in [3.8, 4) is 5.75 Å². The molecule has 2 N–H and O–H groups in total. The number of amides is 2. The van der Waals surface area contributed by atoms with E-state index in [0.29, 0.717) is 24.8 Å². The van der Waals surface area contributed by atoms with E-state index >= 15 is 0 Å². The lowest BCUT2D eigenvalue weighted by Crippen LogP contribution is -2.37. The van der Waals surface area contributed by atoms with Crippen LogP contribution in [0, 0.1) is 5.92 Å². The van der Waals surface area contributed by atoms with Gasteiger partial charge in [-0.2, -0.15) is 0 Å². The van der Waals surface area contributed by atoms with Crippen molar-refractivity contribution in [2.24, 2.45) is 5.92 Å². The molecule has 0 bridgehead atoms. The molecule has 0 spiro atoms. The largest absolute Gasteiger partial charge is 0.493 e. The van der Waals surface area contributed by atoms with Gasteiger partial charge in [-0.1, -0.05) is 26.0 Å². The molecule has 116 valence electrons. The second-order valence-corrected chi connectivity index (χ2v) is 5.12. The minimum absolute atomic E-state index is 0.0845. The molecule has 0 aliphatic heterocycles. The summed E-state index contributed by atoms with van der Waals surface area (Å²) in [4.78, 5) is 13.6. The number of nitrogens with one attached hydrogen (secondary N) is 1. The minimum atomic E-state index is -0.273. The van der Waals surface area contributed by atoms with Crippen LogP contribution in [0.2, 0.25) is 0 Å². The molecule has 21 heavy (non-hydrogen) atoms. The molecule has 1 aromatic carbocycles. The van der Waals surface area contributed by atoms with Crippen molar-refractivity contribution in [2.45, 2.75) is 13.8 Å². The Morgan fingerprint density at radius 3 is 2.90 bits per heavy atom. The number of urea groups is 1. The summed E-state index contributed by atoms with van der Waals surface area (Å²) in [5.74, 6) is 1.16. The zero-order valence-electron chi connectivity index (χ0n) is 12.7. The molecule has 0 aliphatic carbocycles. The van der Waals surface area contributed by atoms with Crippen molar-refractivity contribution in [1.29, 1.82) is 0 Å². The van der Waals surface area contributed by atoms with Crippen LogP contribution in [-0.2, 0) is 0 Å². The average molecular weight is 292 g/mol. The molecule has 0 fully saturated rings. The molecule has 0 radical (unpaired) electrons. The van der Waals surface area contributed by atoms with E-state index in [9.17, 15) is 4.79 Å². The summed E-state index contributed by atoms with van der Waals surface area (Å²) in [6.45, 7) is 8.95. The Labute approximate surface area is 126 Å². The van der Waals surface area contributed by atoms with Gasteiger partial charge >= 0.3 is 6.03 Å². The van der Waals surface area contributed by atoms with Crippen LogP contribution in [0.3, 0.4) is 0 Å². The predicted octanol–water partition coefficient (Wildman–Crippen LogP) is 2.73. The molecule has 0 aromatic heterocycles. The highest BCUT2D eigenvalue weighted by atomic mass is 16.5. The fourth-order valence-electron chi connectivity index (χ4n) is 1.68.